The Morgan fingerprint density at radius 3 is 2.72 bits per heavy atom. The Labute approximate surface area is 147 Å². The summed E-state index contributed by atoms with van der Waals surface area (Å²) in [7, 11) is 5.20. The van der Waals surface area contributed by atoms with Crippen molar-refractivity contribution < 1.29 is 9.13 Å². The Hall–Kier alpha value is -3.07. The van der Waals surface area contributed by atoms with E-state index in [1.807, 2.05) is 42.3 Å². The van der Waals surface area contributed by atoms with Gasteiger partial charge < -0.3 is 15.0 Å². The third kappa shape index (κ3) is 4.70. The van der Waals surface area contributed by atoms with E-state index in [1.165, 1.54) is 18.2 Å². The molecule has 5 nitrogen and oxygen atoms in total. The van der Waals surface area contributed by atoms with Crippen molar-refractivity contribution in [2.45, 2.75) is 13.1 Å². The molecular weight excluding hydrogens is 319 g/mol. The zero-order chi connectivity index (χ0) is 18.2. The summed E-state index contributed by atoms with van der Waals surface area (Å²) in [5.41, 5.74) is 1.87. The highest BCUT2D eigenvalue weighted by molar-refractivity contribution is 5.79. The summed E-state index contributed by atoms with van der Waals surface area (Å²) >= 11 is 0. The number of halogens is 1. The molecule has 2 rings (SSSR count). The number of nitriles is 1. The zero-order valence-corrected chi connectivity index (χ0v) is 14.6. The third-order valence-corrected chi connectivity index (χ3v) is 3.79. The lowest BCUT2D eigenvalue weighted by Crippen LogP contribution is -2.38. The first kappa shape index (κ1) is 18.3. The van der Waals surface area contributed by atoms with Gasteiger partial charge in [0.2, 0.25) is 0 Å². The maximum Gasteiger partial charge on any atom is 0.193 e. The van der Waals surface area contributed by atoms with Crippen LogP contribution in [0.5, 0.6) is 5.75 Å². The molecule has 0 bridgehead atoms. The number of benzene rings is 2. The highest BCUT2D eigenvalue weighted by Crippen LogP contribution is 2.18. The second kappa shape index (κ2) is 8.69. The number of para-hydroxylation sites is 1. The van der Waals surface area contributed by atoms with Gasteiger partial charge in [0.1, 0.15) is 11.6 Å². The standard InChI is InChI=1S/C19H21FN4O/c1-22-19(23-12-16-10-14(11-21)8-9-17(16)20)24(2)13-15-6-4-5-7-18(15)25-3/h4-10H,12-13H2,1-3H3,(H,22,23). The van der Waals surface area contributed by atoms with E-state index in [0.29, 0.717) is 23.6 Å². The minimum absolute atomic E-state index is 0.240. The molecule has 2 aromatic carbocycles. The monoisotopic (exact) mass is 340 g/mol. The minimum Gasteiger partial charge on any atom is -0.496 e. The van der Waals surface area contributed by atoms with Crippen molar-refractivity contribution >= 4 is 5.96 Å². The van der Waals surface area contributed by atoms with Crippen LogP contribution >= 0.6 is 0 Å². The van der Waals surface area contributed by atoms with Gasteiger partial charge in [0.05, 0.1) is 18.7 Å². The van der Waals surface area contributed by atoms with Gasteiger partial charge in [-0.3, -0.25) is 4.99 Å². The first-order valence-corrected chi connectivity index (χ1v) is 7.81. The molecule has 0 saturated heterocycles. The second-order valence-electron chi connectivity index (χ2n) is 5.49. The van der Waals surface area contributed by atoms with Gasteiger partial charge in [0.15, 0.2) is 5.96 Å². The Morgan fingerprint density at radius 2 is 2.04 bits per heavy atom. The lowest BCUT2D eigenvalue weighted by Gasteiger charge is -2.23. The van der Waals surface area contributed by atoms with Crippen molar-refractivity contribution in [3.8, 4) is 11.8 Å². The summed E-state index contributed by atoms with van der Waals surface area (Å²) in [6.07, 6.45) is 0. The van der Waals surface area contributed by atoms with E-state index in [1.54, 1.807) is 14.2 Å². The fraction of sp³-hybridized carbons (Fsp3) is 0.263. The molecule has 0 fully saturated rings. The van der Waals surface area contributed by atoms with Crippen LogP contribution in [0.2, 0.25) is 0 Å². The largest absolute Gasteiger partial charge is 0.496 e. The first-order valence-electron chi connectivity index (χ1n) is 7.81. The predicted molar refractivity (Wildman–Crippen MR) is 95.8 cm³/mol. The molecule has 0 saturated carbocycles. The van der Waals surface area contributed by atoms with Crippen LogP contribution in [0, 0.1) is 17.1 Å². The SMILES string of the molecule is CN=C(NCc1cc(C#N)ccc1F)N(C)Cc1ccccc1OC. The molecule has 0 atom stereocenters. The van der Waals surface area contributed by atoms with Crippen molar-refractivity contribution in [1.29, 1.82) is 5.26 Å². The summed E-state index contributed by atoms with van der Waals surface area (Å²) in [6.45, 7) is 0.828. The quantitative estimate of drug-likeness (QED) is 0.671. The molecule has 1 N–H and O–H groups in total. The van der Waals surface area contributed by atoms with E-state index >= 15 is 0 Å². The Balaban J connectivity index is 2.06. The smallest absolute Gasteiger partial charge is 0.193 e. The minimum atomic E-state index is -0.352. The van der Waals surface area contributed by atoms with Crippen molar-refractivity contribution in [1.82, 2.24) is 10.2 Å². The van der Waals surface area contributed by atoms with E-state index in [2.05, 4.69) is 10.3 Å². The number of nitrogens with one attached hydrogen (secondary N) is 1. The van der Waals surface area contributed by atoms with E-state index in [-0.39, 0.29) is 12.4 Å². The molecule has 0 heterocycles. The third-order valence-electron chi connectivity index (χ3n) is 3.79. The van der Waals surface area contributed by atoms with Crippen molar-refractivity contribution in [3.05, 3.63) is 65.0 Å². The zero-order valence-electron chi connectivity index (χ0n) is 14.6. The molecule has 0 aromatic heterocycles. The van der Waals surface area contributed by atoms with E-state index in [9.17, 15) is 4.39 Å². The molecule has 0 aliphatic rings. The summed E-state index contributed by atoms with van der Waals surface area (Å²) in [6, 6.07) is 14.1. The molecule has 25 heavy (non-hydrogen) atoms. The number of rotatable bonds is 5. The van der Waals surface area contributed by atoms with Crippen LogP contribution in [0.3, 0.4) is 0 Å². The van der Waals surface area contributed by atoms with Crippen LogP contribution in [0.15, 0.2) is 47.5 Å². The van der Waals surface area contributed by atoms with Gasteiger partial charge in [-0.25, -0.2) is 4.39 Å². The van der Waals surface area contributed by atoms with Gasteiger partial charge >= 0.3 is 0 Å². The fourth-order valence-electron chi connectivity index (χ4n) is 2.50. The number of hydrogen-bond acceptors (Lipinski definition) is 3. The van der Waals surface area contributed by atoms with Gasteiger partial charge in [-0.1, -0.05) is 18.2 Å². The van der Waals surface area contributed by atoms with Crippen LogP contribution in [-0.2, 0) is 13.1 Å². The highest BCUT2D eigenvalue weighted by atomic mass is 19.1. The van der Waals surface area contributed by atoms with E-state index in [4.69, 9.17) is 10.00 Å². The summed E-state index contributed by atoms with van der Waals surface area (Å²) in [5, 5.41) is 12.1. The van der Waals surface area contributed by atoms with E-state index < -0.39 is 0 Å². The molecule has 0 unspecified atom stereocenters. The number of nitrogens with zero attached hydrogens (tertiary/aromatic N) is 3. The van der Waals surface area contributed by atoms with Gasteiger partial charge in [-0.05, 0) is 24.3 Å². The van der Waals surface area contributed by atoms with Crippen molar-refractivity contribution in [2.24, 2.45) is 4.99 Å². The average molecular weight is 340 g/mol. The number of methoxy groups -OCH3 is 1. The molecule has 0 aliphatic heterocycles. The van der Waals surface area contributed by atoms with Gasteiger partial charge in [-0.2, -0.15) is 5.26 Å². The van der Waals surface area contributed by atoms with Crippen LogP contribution in [0.25, 0.3) is 0 Å². The molecule has 130 valence electrons. The maximum atomic E-state index is 13.9. The van der Waals surface area contributed by atoms with Crippen LogP contribution in [-0.4, -0.2) is 32.1 Å². The molecule has 2 aromatic rings. The summed E-state index contributed by atoms with van der Waals surface area (Å²) < 4.78 is 19.3. The van der Waals surface area contributed by atoms with Gasteiger partial charge in [-0.15, -0.1) is 0 Å². The van der Waals surface area contributed by atoms with Crippen LogP contribution < -0.4 is 10.1 Å². The normalized spacial score (nSPS) is 10.9. The van der Waals surface area contributed by atoms with Crippen molar-refractivity contribution in [3.63, 3.8) is 0 Å². The fourth-order valence-corrected chi connectivity index (χ4v) is 2.50. The predicted octanol–water partition coefficient (Wildman–Crippen LogP) is 2.91. The summed E-state index contributed by atoms with van der Waals surface area (Å²) in [4.78, 5) is 6.15. The highest BCUT2D eigenvalue weighted by Gasteiger charge is 2.11. The topological polar surface area (TPSA) is 60.7 Å². The Morgan fingerprint density at radius 1 is 1.28 bits per heavy atom. The molecule has 0 amide bonds. The van der Waals surface area contributed by atoms with Crippen molar-refractivity contribution in [2.75, 3.05) is 21.2 Å². The number of hydrogen-bond donors (Lipinski definition) is 1. The average Bonchev–Trinajstić information content (AvgIpc) is 2.64. The van der Waals surface area contributed by atoms with Crippen LogP contribution in [0.4, 0.5) is 4.39 Å². The van der Waals surface area contributed by atoms with Gasteiger partial charge in [0.25, 0.3) is 0 Å². The lowest BCUT2D eigenvalue weighted by molar-refractivity contribution is 0.396. The maximum absolute atomic E-state index is 13.9. The number of guanidine groups is 1. The van der Waals surface area contributed by atoms with Crippen LogP contribution in [0.1, 0.15) is 16.7 Å². The van der Waals surface area contributed by atoms with Gasteiger partial charge in [0, 0.05) is 38.3 Å². The first-order chi connectivity index (χ1) is 12.1. The molecule has 0 radical (unpaired) electrons. The lowest BCUT2D eigenvalue weighted by atomic mass is 10.1. The summed E-state index contributed by atoms with van der Waals surface area (Å²) in [5.74, 6) is 1.07. The Kier molecular flexibility index (Phi) is 6.35. The molecule has 0 spiro atoms. The van der Waals surface area contributed by atoms with E-state index in [0.717, 1.165) is 11.3 Å². The molecular formula is C19H21FN4O. The Bertz CT molecular complexity index is 798. The molecule has 0 aliphatic carbocycles. The number of ether oxygens (including phenoxy) is 1. The second-order valence-corrected chi connectivity index (χ2v) is 5.49. The molecule has 6 heteroatoms. The number of aliphatic imine (C=N–C) groups is 1.